The van der Waals surface area contributed by atoms with E-state index in [1.807, 2.05) is 6.92 Å². The molecule has 1 aliphatic heterocycles. The zero-order valence-electron chi connectivity index (χ0n) is 10.8. The molecule has 1 atom stereocenters. The highest BCUT2D eigenvalue weighted by molar-refractivity contribution is 5.94. The fourth-order valence-corrected chi connectivity index (χ4v) is 2.16. The highest BCUT2D eigenvalue weighted by Gasteiger charge is 2.30. The number of aryl methyl sites for hydroxylation is 1. The van der Waals surface area contributed by atoms with E-state index in [-0.39, 0.29) is 17.1 Å². The molecule has 1 fully saturated rings. The van der Waals surface area contributed by atoms with Crippen molar-refractivity contribution < 1.29 is 13.9 Å². The average Bonchev–Trinajstić information content (AvgIpc) is 2.77. The molecule has 18 heavy (non-hydrogen) atoms. The molecule has 1 aromatic rings. The van der Waals surface area contributed by atoms with Gasteiger partial charge < -0.3 is 10.1 Å². The predicted octanol–water partition coefficient (Wildman–Crippen LogP) is 2.43. The minimum absolute atomic E-state index is 0.0941. The van der Waals surface area contributed by atoms with Crippen molar-refractivity contribution in [2.75, 3.05) is 13.2 Å². The molecule has 1 amide bonds. The van der Waals surface area contributed by atoms with Crippen LogP contribution in [0, 0.1) is 12.7 Å². The van der Waals surface area contributed by atoms with Gasteiger partial charge in [0.25, 0.3) is 5.91 Å². The molecule has 0 radical (unpaired) electrons. The molecule has 1 unspecified atom stereocenters. The van der Waals surface area contributed by atoms with Gasteiger partial charge in [-0.15, -0.1) is 0 Å². The minimum Gasteiger partial charge on any atom is -0.373 e. The van der Waals surface area contributed by atoms with Crippen molar-refractivity contribution in [3.63, 3.8) is 0 Å². The summed E-state index contributed by atoms with van der Waals surface area (Å²) in [6.45, 7) is 4.75. The van der Waals surface area contributed by atoms with Crippen LogP contribution in [0.4, 0.5) is 4.39 Å². The minimum atomic E-state index is -0.451. The van der Waals surface area contributed by atoms with E-state index in [1.54, 1.807) is 19.1 Å². The fourth-order valence-electron chi connectivity index (χ4n) is 2.16. The molecule has 0 bridgehead atoms. The number of amides is 1. The number of hydrogen-bond donors (Lipinski definition) is 1. The molecule has 2 rings (SSSR count). The van der Waals surface area contributed by atoms with Gasteiger partial charge in [0.2, 0.25) is 0 Å². The van der Waals surface area contributed by atoms with Gasteiger partial charge >= 0.3 is 0 Å². The molecular formula is C14H18FNO2. The van der Waals surface area contributed by atoms with Crippen molar-refractivity contribution in [1.29, 1.82) is 0 Å². The maximum absolute atomic E-state index is 13.8. The van der Waals surface area contributed by atoms with E-state index in [2.05, 4.69) is 5.32 Å². The SMILES string of the molecule is Cc1cccc(C(=O)NCC2(C)CCCO2)c1F. The van der Waals surface area contributed by atoms with Crippen LogP contribution in [0.2, 0.25) is 0 Å². The number of hydrogen-bond acceptors (Lipinski definition) is 2. The Balaban J connectivity index is 2.01. The summed E-state index contributed by atoms with van der Waals surface area (Å²) in [5.74, 6) is -0.833. The van der Waals surface area contributed by atoms with Crippen LogP contribution in [-0.2, 0) is 4.74 Å². The molecule has 0 saturated carbocycles. The fraction of sp³-hybridized carbons (Fsp3) is 0.500. The van der Waals surface area contributed by atoms with Gasteiger partial charge in [-0.05, 0) is 38.3 Å². The lowest BCUT2D eigenvalue weighted by molar-refractivity contribution is 0.0205. The standard InChI is InChI=1S/C14H18FNO2/c1-10-5-3-6-11(12(10)15)13(17)16-9-14(2)7-4-8-18-14/h3,5-6H,4,7-9H2,1-2H3,(H,16,17). The number of carbonyl (C=O) groups is 1. The number of halogens is 1. The Morgan fingerprint density at radius 2 is 2.33 bits per heavy atom. The monoisotopic (exact) mass is 251 g/mol. The molecule has 1 saturated heterocycles. The quantitative estimate of drug-likeness (QED) is 0.896. The third-order valence-corrected chi connectivity index (χ3v) is 3.36. The first-order valence-corrected chi connectivity index (χ1v) is 6.19. The topological polar surface area (TPSA) is 38.3 Å². The van der Waals surface area contributed by atoms with Crippen LogP contribution in [0.3, 0.4) is 0 Å². The summed E-state index contributed by atoms with van der Waals surface area (Å²) in [5, 5.41) is 2.75. The van der Waals surface area contributed by atoms with E-state index >= 15 is 0 Å². The molecule has 3 nitrogen and oxygen atoms in total. The van der Waals surface area contributed by atoms with Crippen LogP contribution in [0.15, 0.2) is 18.2 Å². The summed E-state index contributed by atoms with van der Waals surface area (Å²) in [7, 11) is 0. The Morgan fingerprint density at radius 1 is 1.56 bits per heavy atom. The summed E-state index contributed by atoms with van der Waals surface area (Å²) >= 11 is 0. The first-order valence-electron chi connectivity index (χ1n) is 6.19. The number of carbonyl (C=O) groups excluding carboxylic acids is 1. The molecule has 0 spiro atoms. The Kier molecular flexibility index (Phi) is 3.66. The van der Waals surface area contributed by atoms with E-state index in [0.717, 1.165) is 19.4 Å². The highest BCUT2D eigenvalue weighted by Crippen LogP contribution is 2.24. The lowest BCUT2D eigenvalue weighted by Crippen LogP contribution is -2.40. The number of benzene rings is 1. The van der Waals surface area contributed by atoms with Crippen LogP contribution < -0.4 is 5.32 Å². The second kappa shape index (κ2) is 5.06. The van der Waals surface area contributed by atoms with Gasteiger partial charge in [0, 0.05) is 13.2 Å². The molecular weight excluding hydrogens is 233 g/mol. The third-order valence-electron chi connectivity index (χ3n) is 3.36. The highest BCUT2D eigenvalue weighted by atomic mass is 19.1. The van der Waals surface area contributed by atoms with Crippen LogP contribution in [-0.4, -0.2) is 24.7 Å². The molecule has 1 N–H and O–H groups in total. The summed E-state index contributed by atoms with van der Waals surface area (Å²) in [5.41, 5.74) is 0.262. The summed E-state index contributed by atoms with van der Waals surface area (Å²) < 4.78 is 19.3. The maximum Gasteiger partial charge on any atom is 0.254 e. The molecule has 0 aliphatic carbocycles. The first-order chi connectivity index (χ1) is 8.52. The third kappa shape index (κ3) is 2.70. The van der Waals surface area contributed by atoms with Gasteiger partial charge in [-0.3, -0.25) is 4.79 Å². The summed E-state index contributed by atoms with van der Waals surface area (Å²) in [6.07, 6.45) is 1.93. The van der Waals surface area contributed by atoms with Gasteiger partial charge in [-0.2, -0.15) is 0 Å². The van der Waals surface area contributed by atoms with E-state index in [0.29, 0.717) is 12.1 Å². The molecule has 98 valence electrons. The maximum atomic E-state index is 13.8. The largest absolute Gasteiger partial charge is 0.373 e. The molecule has 1 aliphatic rings. The van der Waals surface area contributed by atoms with Crippen molar-refractivity contribution >= 4 is 5.91 Å². The van der Waals surface area contributed by atoms with Crippen LogP contribution in [0.25, 0.3) is 0 Å². The Hall–Kier alpha value is -1.42. The summed E-state index contributed by atoms with van der Waals surface area (Å²) in [4.78, 5) is 11.9. The Bertz CT molecular complexity index is 453. The lowest BCUT2D eigenvalue weighted by Gasteiger charge is -2.23. The van der Waals surface area contributed by atoms with E-state index in [4.69, 9.17) is 4.74 Å². The van der Waals surface area contributed by atoms with Crippen molar-refractivity contribution in [3.05, 3.63) is 35.1 Å². The normalized spacial score (nSPS) is 23.1. The van der Waals surface area contributed by atoms with Gasteiger partial charge in [0.05, 0.1) is 11.2 Å². The lowest BCUT2D eigenvalue weighted by atomic mass is 10.0. The van der Waals surface area contributed by atoms with E-state index in [9.17, 15) is 9.18 Å². The molecule has 1 aromatic carbocycles. The Labute approximate surface area is 106 Å². The molecule has 1 heterocycles. The Morgan fingerprint density at radius 3 is 3.00 bits per heavy atom. The summed E-state index contributed by atoms with van der Waals surface area (Å²) in [6, 6.07) is 4.82. The van der Waals surface area contributed by atoms with E-state index < -0.39 is 5.82 Å². The molecule has 4 heteroatoms. The van der Waals surface area contributed by atoms with Crippen molar-refractivity contribution in [1.82, 2.24) is 5.32 Å². The zero-order valence-corrected chi connectivity index (χ0v) is 10.8. The van der Waals surface area contributed by atoms with Gasteiger partial charge in [0.15, 0.2) is 0 Å². The number of nitrogens with one attached hydrogen (secondary N) is 1. The van der Waals surface area contributed by atoms with Crippen LogP contribution in [0.1, 0.15) is 35.7 Å². The van der Waals surface area contributed by atoms with Crippen molar-refractivity contribution in [2.45, 2.75) is 32.3 Å². The molecule has 0 aromatic heterocycles. The van der Waals surface area contributed by atoms with E-state index in [1.165, 1.54) is 6.07 Å². The van der Waals surface area contributed by atoms with Crippen molar-refractivity contribution in [2.24, 2.45) is 0 Å². The average molecular weight is 251 g/mol. The second-order valence-electron chi connectivity index (χ2n) is 5.02. The first kappa shape index (κ1) is 13.0. The van der Waals surface area contributed by atoms with Gasteiger partial charge in [0.1, 0.15) is 5.82 Å². The van der Waals surface area contributed by atoms with Gasteiger partial charge in [-0.25, -0.2) is 4.39 Å². The predicted molar refractivity (Wildman–Crippen MR) is 67.1 cm³/mol. The smallest absolute Gasteiger partial charge is 0.254 e. The second-order valence-corrected chi connectivity index (χ2v) is 5.02. The number of ether oxygens (including phenoxy) is 1. The van der Waals surface area contributed by atoms with Gasteiger partial charge in [-0.1, -0.05) is 12.1 Å². The zero-order chi connectivity index (χ0) is 13.2. The van der Waals surface area contributed by atoms with Crippen molar-refractivity contribution in [3.8, 4) is 0 Å². The number of rotatable bonds is 3. The van der Waals surface area contributed by atoms with Crippen LogP contribution in [0.5, 0.6) is 0 Å². The van der Waals surface area contributed by atoms with Crippen LogP contribution >= 0.6 is 0 Å².